The highest BCUT2D eigenvalue weighted by Crippen LogP contribution is 2.41. The molecule has 0 unspecified atom stereocenters. The van der Waals surface area contributed by atoms with E-state index in [0.717, 1.165) is 50.0 Å². The summed E-state index contributed by atoms with van der Waals surface area (Å²) in [6.45, 7) is 2.88. The summed E-state index contributed by atoms with van der Waals surface area (Å²) in [6.07, 6.45) is 8.70. The van der Waals surface area contributed by atoms with Crippen LogP contribution in [0.2, 0.25) is 0 Å². The molecule has 1 aromatic carbocycles. The molecule has 0 bridgehead atoms. The van der Waals surface area contributed by atoms with E-state index in [9.17, 15) is 0 Å². The number of rotatable bonds is 5. The Bertz CT molecular complexity index is 804. The van der Waals surface area contributed by atoms with Crippen molar-refractivity contribution in [3.8, 4) is 5.75 Å². The van der Waals surface area contributed by atoms with Gasteiger partial charge in [-0.15, -0.1) is 0 Å². The summed E-state index contributed by atoms with van der Waals surface area (Å²) >= 11 is 0. The normalized spacial score (nSPS) is 20.1. The minimum atomic E-state index is 0.155. The lowest BCUT2D eigenvalue weighted by Gasteiger charge is -2.36. The van der Waals surface area contributed by atoms with Crippen LogP contribution in [0.25, 0.3) is 0 Å². The summed E-state index contributed by atoms with van der Waals surface area (Å²) in [7, 11) is 3.63. The third-order valence-corrected chi connectivity index (χ3v) is 6.65. The first kappa shape index (κ1) is 19.7. The van der Waals surface area contributed by atoms with Crippen LogP contribution in [-0.2, 0) is 5.41 Å². The molecule has 4 rings (SSSR count). The van der Waals surface area contributed by atoms with Crippen molar-refractivity contribution in [2.24, 2.45) is 4.99 Å². The minimum Gasteiger partial charge on any atom is -0.497 e. The zero-order valence-corrected chi connectivity index (χ0v) is 17.5. The summed E-state index contributed by atoms with van der Waals surface area (Å²) < 4.78 is 5.48. The van der Waals surface area contributed by atoms with Crippen molar-refractivity contribution in [3.05, 3.63) is 42.0 Å². The lowest BCUT2D eigenvalue weighted by Crippen LogP contribution is -2.49. The van der Waals surface area contributed by atoms with E-state index >= 15 is 0 Å². The van der Waals surface area contributed by atoms with Gasteiger partial charge in [0.15, 0.2) is 5.96 Å². The number of aliphatic imine (C=N–C) groups is 1. The van der Waals surface area contributed by atoms with Gasteiger partial charge in [0.05, 0.1) is 7.11 Å². The summed E-state index contributed by atoms with van der Waals surface area (Å²) in [5, 5.41) is 10.7. The number of piperidine rings is 1. The van der Waals surface area contributed by atoms with E-state index in [2.05, 4.69) is 48.6 Å². The molecule has 1 saturated heterocycles. The van der Waals surface area contributed by atoms with Crippen molar-refractivity contribution >= 4 is 5.96 Å². The molecule has 156 valence electrons. The Hall–Kier alpha value is -2.57. The molecule has 2 aliphatic rings. The van der Waals surface area contributed by atoms with E-state index in [0.29, 0.717) is 5.92 Å². The quantitative estimate of drug-likeness (QED) is 0.600. The van der Waals surface area contributed by atoms with Crippen LogP contribution < -0.4 is 10.1 Å². The van der Waals surface area contributed by atoms with Crippen LogP contribution >= 0.6 is 0 Å². The van der Waals surface area contributed by atoms with Crippen LogP contribution in [-0.4, -0.2) is 59.8 Å². The van der Waals surface area contributed by atoms with Crippen LogP contribution in [0.5, 0.6) is 5.75 Å². The van der Waals surface area contributed by atoms with Gasteiger partial charge in [-0.05, 0) is 43.4 Å². The highest BCUT2D eigenvalue weighted by molar-refractivity contribution is 5.80. The maximum atomic E-state index is 5.48. The van der Waals surface area contributed by atoms with Crippen molar-refractivity contribution < 1.29 is 4.74 Å². The molecule has 2 fully saturated rings. The number of aromatic nitrogens is 3. The number of nitrogens with one attached hydrogen (secondary N) is 2. The maximum absolute atomic E-state index is 5.48. The Morgan fingerprint density at radius 3 is 2.76 bits per heavy atom. The number of H-pyrrole nitrogens is 1. The third kappa shape index (κ3) is 4.23. The predicted octanol–water partition coefficient (Wildman–Crippen LogP) is 3.08. The fraction of sp³-hybridized carbons (Fsp3) is 0.591. The number of methoxy groups -OCH3 is 1. The van der Waals surface area contributed by atoms with E-state index < -0.39 is 0 Å². The van der Waals surface area contributed by atoms with Gasteiger partial charge in [-0.3, -0.25) is 10.1 Å². The Kier molecular flexibility index (Phi) is 6.02. The summed E-state index contributed by atoms with van der Waals surface area (Å²) in [6, 6.07) is 8.59. The summed E-state index contributed by atoms with van der Waals surface area (Å²) in [5.41, 5.74) is 1.53. The molecule has 2 heterocycles. The number of hydrogen-bond donors (Lipinski definition) is 2. The molecule has 2 N–H and O–H groups in total. The third-order valence-electron chi connectivity index (χ3n) is 6.65. The van der Waals surface area contributed by atoms with Gasteiger partial charge in [0.25, 0.3) is 0 Å². The molecule has 29 heavy (non-hydrogen) atoms. The predicted molar refractivity (Wildman–Crippen MR) is 114 cm³/mol. The molecule has 0 amide bonds. The van der Waals surface area contributed by atoms with E-state index in [1.54, 1.807) is 13.4 Å². The number of benzene rings is 1. The van der Waals surface area contributed by atoms with Gasteiger partial charge in [-0.1, -0.05) is 25.0 Å². The lowest BCUT2D eigenvalue weighted by molar-refractivity contribution is 0.295. The van der Waals surface area contributed by atoms with Crippen LogP contribution in [0.3, 0.4) is 0 Å². The Balaban J connectivity index is 1.40. The molecule has 0 atom stereocenters. The van der Waals surface area contributed by atoms with Gasteiger partial charge in [-0.2, -0.15) is 5.10 Å². The molecule has 1 aromatic heterocycles. The molecular formula is C22H32N6O. The molecule has 0 spiro atoms. The summed E-state index contributed by atoms with van der Waals surface area (Å²) in [4.78, 5) is 11.3. The maximum Gasteiger partial charge on any atom is 0.193 e. The van der Waals surface area contributed by atoms with Gasteiger partial charge in [0, 0.05) is 38.0 Å². The summed E-state index contributed by atoms with van der Waals surface area (Å²) in [5.74, 6) is 3.42. The lowest BCUT2D eigenvalue weighted by atomic mass is 9.78. The zero-order chi connectivity index (χ0) is 20.1. The molecule has 0 radical (unpaired) electrons. The van der Waals surface area contributed by atoms with Crippen molar-refractivity contribution in [1.82, 2.24) is 25.4 Å². The van der Waals surface area contributed by atoms with Crippen molar-refractivity contribution in [2.75, 3.05) is 33.8 Å². The highest BCUT2D eigenvalue weighted by atomic mass is 16.5. The van der Waals surface area contributed by atoms with Crippen LogP contribution in [0.1, 0.15) is 55.8 Å². The van der Waals surface area contributed by atoms with E-state index in [4.69, 9.17) is 4.74 Å². The van der Waals surface area contributed by atoms with Gasteiger partial charge in [-0.25, -0.2) is 4.98 Å². The second kappa shape index (κ2) is 8.84. The molecule has 1 aliphatic carbocycles. The first-order valence-electron chi connectivity index (χ1n) is 10.7. The number of likely N-dealkylation sites (tertiary alicyclic amines) is 1. The number of ether oxygens (including phenoxy) is 1. The zero-order valence-electron chi connectivity index (χ0n) is 17.5. The monoisotopic (exact) mass is 396 g/mol. The molecule has 1 saturated carbocycles. The topological polar surface area (TPSA) is 78.4 Å². The first-order chi connectivity index (χ1) is 14.2. The van der Waals surface area contributed by atoms with Gasteiger partial charge < -0.3 is 15.0 Å². The molecule has 2 aromatic rings. The van der Waals surface area contributed by atoms with Crippen LogP contribution in [0.4, 0.5) is 0 Å². The molecule has 1 aliphatic heterocycles. The SMILES string of the molecule is CN=C(NCC1(c2cccc(OC)c2)CCCC1)N1CCC(c2ncn[nH]2)CC1. The van der Waals surface area contributed by atoms with Crippen molar-refractivity contribution in [2.45, 2.75) is 49.9 Å². The van der Waals surface area contributed by atoms with E-state index in [1.807, 2.05) is 13.1 Å². The van der Waals surface area contributed by atoms with E-state index in [1.165, 1.54) is 31.2 Å². The fourth-order valence-corrected chi connectivity index (χ4v) is 4.93. The molecule has 7 heteroatoms. The highest BCUT2D eigenvalue weighted by Gasteiger charge is 2.36. The smallest absolute Gasteiger partial charge is 0.193 e. The second-order valence-corrected chi connectivity index (χ2v) is 8.25. The Labute approximate surface area is 173 Å². The molecule has 7 nitrogen and oxygen atoms in total. The van der Waals surface area contributed by atoms with E-state index in [-0.39, 0.29) is 5.41 Å². The number of guanidine groups is 1. The van der Waals surface area contributed by atoms with Crippen molar-refractivity contribution in [1.29, 1.82) is 0 Å². The first-order valence-corrected chi connectivity index (χ1v) is 10.7. The Morgan fingerprint density at radius 2 is 2.10 bits per heavy atom. The number of hydrogen-bond acceptors (Lipinski definition) is 4. The van der Waals surface area contributed by atoms with Crippen molar-refractivity contribution in [3.63, 3.8) is 0 Å². The Morgan fingerprint density at radius 1 is 1.31 bits per heavy atom. The number of nitrogens with zero attached hydrogens (tertiary/aromatic N) is 4. The van der Waals surface area contributed by atoms with Gasteiger partial charge >= 0.3 is 0 Å². The minimum absolute atomic E-state index is 0.155. The van der Waals surface area contributed by atoms with Gasteiger partial charge in [0.1, 0.15) is 17.9 Å². The second-order valence-electron chi connectivity index (χ2n) is 8.25. The fourth-order valence-electron chi connectivity index (χ4n) is 4.93. The van der Waals surface area contributed by atoms with Gasteiger partial charge in [0.2, 0.25) is 0 Å². The molecular weight excluding hydrogens is 364 g/mol. The van der Waals surface area contributed by atoms with Crippen LogP contribution in [0.15, 0.2) is 35.6 Å². The average molecular weight is 397 g/mol. The van der Waals surface area contributed by atoms with Crippen LogP contribution in [0, 0.1) is 0 Å². The number of aromatic amines is 1. The average Bonchev–Trinajstić information content (AvgIpc) is 3.48. The largest absolute Gasteiger partial charge is 0.497 e. The standard InChI is InChI=1S/C22H32N6O/c1-23-21(28-12-8-17(9-13-28)20-25-16-26-27-20)24-15-22(10-3-4-11-22)18-6-5-7-19(14-18)29-2/h5-7,14,16-17H,3-4,8-13,15H2,1-2H3,(H,23,24)(H,25,26,27).